The number of rotatable bonds is 5. The van der Waals surface area contributed by atoms with Gasteiger partial charge in [-0.15, -0.1) is 0 Å². The van der Waals surface area contributed by atoms with Gasteiger partial charge in [-0.2, -0.15) is 26.3 Å². The lowest BCUT2D eigenvalue weighted by molar-refractivity contribution is -0.193. The Labute approximate surface area is 226 Å². The average Bonchev–Trinajstić information content (AvgIpc) is 2.84. The summed E-state index contributed by atoms with van der Waals surface area (Å²) >= 11 is 0. The Morgan fingerprint density at radius 3 is 1.70 bits per heavy atom. The van der Waals surface area contributed by atoms with Gasteiger partial charge in [0.05, 0.1) is 5.75 Å². The van der Waals surface area contributed by atoms with E-state index in [1.165, 1.54) is 5.56 Å². The largest absolute Gasteiger partial charge is 0.490 e. The van der Waals surface area contributed by atoms with Crippen molar-refractivity contribution in [1.29, 1.82) is 0 Å². The molecule has 0 bridgehead atoms. The number of sulfonamides is 1. The van der Waals surface area contributed by atoms with E-state index in [-0.39, 0.29) is 11.2 Å². The third kappa shape index (κ3) is 10.4. The molecule has 4 rings (SSSR count). The Balaban J connectivity index is 0.000000333. The minimum absolute atomic E-state index is 0.109. The summed E-state index contributed by atoms with van der Waals surface area (Å²) in [6.45, 7) is 4.40. The van der Waals surface area contributed by atoms with Crippen molar-refractivity contribution in [1.82, 2.24) is 14.2 Å². The molecule has 2 aromatic rings. The first-order valence-corrected chi connectivity index (χ1v) is 13.3. The fourth-order valence-electron chi connectivity index (χ4n) is 4.02. The van der Waals surface area contributed by atoms with Gasteiger partial charge in [0.2, 0.25) is 10.0 Å². The van der Waals surface area contributed by atoms with Crippen molar-refractivity contribution in [3.05, 3.63) is 66.0 Å². The third-order valence-electron chi connectivity index (χ3n) is 6.17. The molecule has 1 aromatic carbocycles. The van der Waals surface area contributed by atoms with Gasteiger partial charge in [-0.3, -0.25) is 9.88 Å². The molecule has 9 nitrogen and oxygen atoms in total. The number of piperidine rings is 1. The summed E-state index contributed by atoms with van der Waals surface area (Å²) in [6.07, 6.45) is -4.34. The zero-order chi connectivity index (χ0) is 30.2. The molecular formula is C24H27F6N3O6S. The fourth-order valence-corrected chi connectivity index (χ4v) is 5.76. The quantitative estimate of drug-likeness (QED) is 0.498. The summed E-state index contributed by atoms with van der Waals surface area (Å²) in [5.74, 6) is -5.40. The van der Waals surface area contributed by atoms with Crippen LogP contribution in [-0.4, -0.2) is 83.3 Å². The molecule has 0 amide bonds. The lowest BCUT2D eigenvalue weighted by Gasteiger charge is -2.53. The highest BCUT2D eigenvalue weighted by molar-refractivity contribution is 7.88. The van der Waals surface area contributed by atoms with E-state index in [1.807, 2.05) is 42.7 Å². The van der Waals surface area contributed by atoms with Gasteiger partial charge in [-0.25, -0.2) is 22.3 Å². The molecule has 40 heavy (non-hydrogen) atoms. The number of halogens is 6. The molecule has 2 saturated heterocycles. The number of aromatic nitrogens is 1. The molecule has 16 heteroatoms. The van der Waals surface area contributed by atoms with Crippen LogP contribution in [0.4, 0.5) is 26.3 Å². The van der Waals surface area contributed by atoms with Crippen LogP contribution in [0.2, 0.25) is 0 Å². The van der Waals surface area contributed by atoms with E-state index in [4.69, 9.17) is 19.8 Å². The van der Waals surface area contributed by atoms with Crippen molar-refractivity contribution in [3.8, 4) is 0 Å². The second-order valence-electron chi connectivity index (χ2n) is 9.25. The number of carboxylic acids is 2. The van der Waals surface area contributed by atoms with Gasteiger partial charge >= 0.3 is 24.3 Å². The topological polar surface area (TPSA) is 128 Å². The van der Waals surface area contributed by atoms with Crippen molar-refractivity contribution in [2.24, 2.45) is 5.41 Å². The van der Waals surface area contributed by atoms with E-state index in [0.717, 1.165) is 38.0 Å². The summed E-state index contributed by atoms with van der Waals surface area (Å²) in [4.78, 5) is 24.3. The van der Waals surface area contributed by atoms with Crippen molar-refractivity contribution >= 4 is 22.0 Å². The number of benzene rings is 1. The Bertz CT molecular complexity index is 1190. The Morgan fingerprint density at radius 1 is 0.825 bits per heavy atom. The van der Waals surface area contributed by atoms with Crippen LogP contribution >= 0.6 is 0 Å². The van der Waals surface area contributed by atoms with E-state index in [9.17, 15) is 34.8 Å². The summed E-state index contributed by atoms with van der Waals surface area (Å²) < 4.78 is 90.4. The maximum atomic E-state index is 12.6. The summed E-state index contributed by atoms with van der Waals surface area (Å²) in [5.41, 5.74) is 2.34. The van der Waals surface area contributed by atoms with Crippen LogP contribution in [-0.2, 0) is 31.9 Å². The highest BCUT2D eigenvalue weighted by Crippen LogP contribution is 2.42. The lowest BCUT2D eigenvalue weighted by Crippen LogP contribution is -2.61. The highest BCUT2D eigenvalue weighted by atomic mass is 32.2. The van der Waals surface area contributed by atoms with Crippen LogP contribution in [0.3, 0.4) is 0 Å². The molecule has 0 radical (unpaired) electrons. The summed E-state index contributed by atoms with van der Waals surface area (Å²) in [6, 6.07) is 13.6. The minimum atomic E-state index is -5.08. The van der Waals surface area contributed by atoms with E-state index in [0.29, 0.717) is 13.1 Å². The molecule has 0 unspecified atom stereocenters. The Hall–Kier alpha value is -3.24. The Morgan fingerprint density at radius 2 is 1.27 bits per heavy atom. The van der Waals surface area contributed by atoms with Gasteiger partial charge in [-0.1, -0.05) is 30.3 Å². The van der Waals surface area contributed by atoms with Crippen LogP contribution < -0.4 is 0 Å². The van der Waals surface area contributed by atoms with Crippen LogP contribution in [0.1, 0.15) is 24.0 Å². The normalized spacial score (nSPS) is 17.4. The third-order valence-corrected chi connectivity index (χ3v) is 7.91. The van der Waals surface area contributed by atoms with Crippen molar-refractivity contribution in [3.63, 3.8) is 0 Å². The number of pyridine rings is 1. The predicted molar refractivity (Wildman–Crippen MR) is 129 cm³/mol. The molecule has 2 fully saturated rings. The molecule has 222 valence electrons. The molecule has 1 spiro atoms. The first-order chi connectivity index (χ1) is 18.4. The second-order valence-corrected chi connectivity index (χ2v) is 11.2. The van der Waals surface area contributed by atoms with Crippen molar-refractivity contribution in [2.45, 2.75) is 37.5 Å². The summed E-state index contributed by atoms with van der Waals surface area (Å²) in [5, 5.41) is 14.2. The number of hydrogen-bond donors (Lipinski definition) is 2. The van der Waals surface area contributed by atoms with Crippen LogP contribution in [0.25, 0.3) is 0 Å². The first kappa shape index (κ1) is 33.0. The van der Waals surface area contributed by atoms with E-state index in [2.05, 4.69) is 22.0 Å². The fraction of sp³-hybridized carbons (Fsp3) is 0.458. The van der Waals surface area contributed by atoms with Crippen LogP contribution in [0.15, 0.2) is 54.9 Å². The molecule has 2 aliphatic rings. The number of alkyl halides is 6. The molecule has 0 saturated carbocycles. The smallest absolute Gasteiger partial charge is 0.475 e. The molecule has 1 aromatic heterocycles. The van der Waals surface area contributed by atoms with Gasteiger partial charge in [0, 0.05) is 37.4 Å². The van der Waals surface area contributed by atoms with Gasteiger partial charge < -0.3 is 10.2 Å². The maximum Gasteiger partial charge on any atom is 0.490 e. The highest BCUT2D eigenvalue weighted by Gasteiger charge is 2.49. The van der Waals surface area contributed by atoms with E-state index < -0.39 is 34.3 Å². The number of hydrogen-bond acceptors (Lipinski definition) is 6. The van der Waals surface area contributed by atoms with E-state index >= 15 is 0 Å². The number of carboxylic acid groups (broad SMARTS) is 2. The van der Waals surface area contributed by atoms with Crippen molar-refractivity contribution in [2.75, 3.05) is 26.2 Å². The van der Waals surface area contributed by atoms with E-state index in [1.54, 1.807) is 4.31 Å². The van der Waals surface area contributed by atoms with Crippen molar-refractivity contribution < 1.29 is 54.6 Å². The summed E-state index contributed by atoms with van der Waals surface area (Å²) in [7, 11) is -3.20. The molecule has 0 atom stereocenters. The molecule has 0 aliphatic carbocycles. The Kier molecular flexibility index (Phi) is 11.1. The number of carbonyl (C=O) groups is 2. The molecule has 2 N–H and O–H groups in total. The SMILES string of the molecule is O=C(O)C(F)(F)F.O=C(O)C(F)(F)F.O=S(=O)(Cc1ccccc1)N1CC2(CCN(Cc3ccncc3)CC2)C1. The lowest BCUT2D eigenvalue weighted by atomic mass is 9.73. The molecule has 2 aliphatic heterocycles. The first-order valence-electron chi connectivity index (χ1n) is 11.7. The molecular weight excluding hydrogens is 572 g/mol. The molecule has 3 heterocycles. The van der Waals surface area contributed by atoms with Crippen LogP contribution in [0, 0.1) is 5.41 Å². The number of nitrogens with zero attached hydrogens (tertiary/aromatic N) is 3. The number of likely N-dealkylation sites (tertiary alicyclic amines) is 1. The zero-order valence-corrected chi connectivity index (χ0v) is 21.7. The number of aliphatic carboxylic acids is 2. The van der Waals surface area contributed by atoms with Gasteiger partial charge in [0.1, 0.15) is 0 Å². The standard InChI is InChI=1S/C20H25N3O2S.2C2HF3O2/c24-26(25,15-19-4-2-1-3-5-19)23-16-20(17-23)8-12-22(13-9-20)14-18-6-10-21-11-7-18;2*3-2(4,5)1(6)7/h1-7,10-11H,8-9,12-17H2;2*(H,6,7). The minimum Gasteiger partial charge on any atom is -0.475 e. The average molecular weight is 600 g/mol. The monoisotopic (exact) mass is 599 g/mol. The van der Waals surface area contributed by atoms with Crippen LogP contribution in [0.5, 0.6) is 0 Å². The van der Waals surface area contributed by atoms with Gasteiger partial charge in [-0.05, 0) is 49.2 Å². The van der Waals surface area contributed by atoms with Gasteiger partial charge in [0.15, 0.2) is 0 Å². The van der Waals surface area contributed by atoms with Gasteiger partial charge in [0.25, 0.3) is 0 Å². The predicted octanol–water partition coefficient (Wildman–Crippen LogP) is 3.78. The maximum absolute atomic E-state index is 12.6. The second kappa shape index (κ2) is 13.4. The zero-order valence-electron chi connectivity index (χ0n) is 20.9.